The first-order chi connectivity index (χ1) is 14.5. The number of carbonyl (C=O) groups is 1. The molecule has 0 spiro atoms. The van der Waals surface area contributed by atoms with Gasteiger partial charge in [0.2, 0.25) is 0 Å². The van der Waals surface area contributed by atoms with Crippen LogP contribution in [0.4, 0.5) is 0 Å². The van der Waals surface area contributed by atoms with Gasteiger partial charge in [0.05, 0.1) is 47.4 Å². The van der Waals surface area contributed by atoms with Crippen LogP contribution in [-0.4, -0.2) is 50.7 Å². The topological polar surface area (TPSA) is 71.8 Å². The van der Waals surface area contributed by atoms with E-state index in [1.807, 2.05) is 30.9 Å². The zero-order valence-corrected chi connectivity index (χ0v) is 18.1. The van der Waals surface area contributed by atoms with Gasteiger partial charge in [0.1, 0.15) is 0 Å². The number of rotatable bonds is 3. The molecule has 0 aromatic carbocycles. The summed E-state index contributed by atoms with van der Waals surface area (Å²) in [5.74, 6) is 0.0249. The minimum absolute atomic E-state index is 0.0249. The second-order valence-corrected chi connectivity index (χ2v) is 8.66. The number of piperidine rings is 1. The van der Waals surface area contributed by atoms with Crippen LogP contribution in [-0.2, 0) is 22.6 Å². The number of amides is 1. The van der Waals surface area contributed by atoms with Crippen LogP contribution in [0, 0.1) is 13.8 Å². The molecule has 0 bridgehead atoms. The van der Waals surface area contributed by atoms with E-state index in [0.29, 0.717) is 18.1 Å². The van der Waals surface area contributed by atoms with Crippen LogP contribution >= 0.6 is 11.6 Å². The summed E-state index contributed by atoms with van der Waals surface area (Å²) in [4.78, 5) is 19.9. The molecule has 4 heterocycles. The molecular formula is C22H26ClN5O2. The Labute approximate surface area is 180 Å². The van der Waals surface area contributed by atoms with Crippen molar-refractivity contribution in [3.05, 3.63) is 51.5 Å². The molecule has 3 aliphatic rings. The summed E-state index contributed by atoms with van der Waals surface area (Å²) >= 11 is 6.34. The van der Waals surface area contributed by atoms with Crippen molar-refractivity contribution in [1.29, 1.82) is 0 Å². The molecule has 2 aromatic rings. The zero-order chi connectivity index (χ0) is 20.8. The fraction of sp³-hybridized carbons (Fsp3) is 0.500. The quantitative estimate of drug-likeness (QED) is 0.815. The number of nitrogens with one attached hydrogen (secondary N) is 1. The predicted octanol–water partition coefficient (Wildman–Crippen LogP) is 2.87. The monoisotopic (exact) mass is 427 g/mol. The standard InChI is InChI=1S/C22H26ClN5O2/c1-13-20(23)14(2)28-21(25-13)17-11-27(12-18(17)26-28)22(29)16-5-3-4-6-19(16)30-15-7-9-24-10-8-15/h3-5,15,19,24H,6-12H2,1-2H3/t19-/m1/s1. The van der Waals surface area contributed by atoms with Gasteiger partial charge in [-0.1, -0.05) is 29.8 Å². The molecule has 7 nitrogen and oxygen atoms in total. The molecule has 1 amide bonds. The maximum atomic E-state index is 13.4. The number of ether oxygens (including phenoxy) is 1. The highest BCUT2D eigenvalue weighted by Gasteiger charge is 2.34. The van der Waals surface area contributed by atoms with Gasteiger partial charge in [-0.2, -0.15) is 5.10 Å². The summed E-state index contributed by atoms with van der Waals surface area (Å²) in [7, 11) is 0. The number of hydrogen-bond acceptors (Lipinski definition) is 5. The van der Waals surface area contributed by atoms with Crippen molar-refractivity contribution >= 4 is 23.2 Å². The van der Waals surface area contributed by atoms with Crippen molar-refractivity contribution in [3.63, 3.8) is 0 Å². The van der Waals surface area contributed by atoms with Crippen LogP contribution in [0.15, 0.2) is 23.8 Å². The predicted molar refractivity (Wildman–Crippen MR) is 114 cm³/mol. The molecule has 1 fully saturated rings. The van der Waals surface area contributed by atoms with Gasteiger partial charge in [0, 0.05) is 11.1 Å². The normalized spacial score (nSPS) is 21.9. The van der Waals surface area contributed by atoms with Crippen LogP contribution in [0.25, 0.3) is 5.65 Å². The molecule has 158 valence electrons. The van der Waals surface area contributed by atoms with E-state index in [1.54, 1.807) is 4.52 Å². The molecule has 0 saturated carbocycles. The van der Waals surface area contributed by atoms with E-state index in [9.17, 15) is 4.79 Å². The van der Waals surface area contributed by atoms with Crippen molar-refractivity contribution in [2.75, 3.05) is 13.1 Å². The molecule has 2 aromatic heterocycles. The lowest BCUT2D eigenvalue weighted by Gasteiger charge is -2.31. The molecule has 0 unspecified atom stereocenters. The van der Waals surface area contributed by atoms with E-state index in [0.717, 1.165) is 66.2 Å². The number of nitrogens with zero attached hydrogens (tertiary/aromatic N) is 4. The van der Waals surface area contributed by atoms with Crippen molar-refractivity contribution < 1.29 is 9.53 Å². The van der Waals surface area contributed by atoms with Crippen molar-refractivity contribution in [2.45, 2.75) is 58.4 Å². The average molecular weight is 428 g/mol. The van der Waals surface area contributed by atoms with Gasteiger partial charge in [-0.15, -0.1) is 0 Å². The van der Waals surface area contributed by atoms with Crippen molar-refractivity contribution in [2.24, 2.45) is 0 Å². The lowest BCUT2D eigenvalue weighted by atomic mass is 9.99. The molecule has 8 heteroatoms. The van der Waals surface area contributed by atoms with Gasteiger partial charge in [0.25, 0.3) is 5.91 Å². The average Bonchev–Trinajstić information content (AvgIpc) is 3.32. The van der Waals surface area contributed by atoms with Crippen molar-refractivity contribution in [1.82, 2.24) is 24.8 Å². The summed E-state index contributed by atoms with van der Waals surface area (Å²) in [5, 5.41) is 8.68. The third kappa shape index (κ3) is 3.35. The van der Waals surface area contributed by atoms with E-state index in [1.165, 1.54) is 0 Å². The van der Waals surface area contributed by atoms with Gasteiger partial charge in [-0.05, 0) is 46.2 Å². The lowest BCUT2D eigenvalue weighted by Crippen LogP contribution is -2.38. The van der Waals surface area contributed by atoms with Gasteiger partial charge >= 0.3 is 0 Å². The highest BCUT2D eigenvalue weighted by Crippen LogP contribution is 2.31. The lowest BCUT2D eigenvalue weighted by molar-refractivity contribution is -0.130. The Balaban J connectivity index is 1.36. The summed E-state index contributed by atoms with van der Waals surface area (Å²) in [6.45, 7) is 6.77. The highest BCUT2D eigenvalue weighted by molar-refractivity contribution is 6.31. The van der Waals surface area contributed by atoms with Crippen LogP contribution in [0.1, 0.15) is 41.9 Å². The SMILES string of the molecule is Cc1nc2c3c(nn2c(C)c1Cl)CN(C(=O)C1=CC=CC[C@H]1OC1CCNCC1)C3. The van der Waals surface area contributed by atoms with Crippen LogP contribution < -0.4 is 5.32 Å². The Morgan fingerprint density at radius 2 is 2.07 bits per heavy atom. The van der Waals surface area contributed by atoms with E-state index < -0.39 is 0 Å². The fourth-order valence-electron chi connectivity index (χ4n) is 4.55. The first-order valence-corrected chi connectivity index (χ1v) is 11.0. The molecule has 1 aliphatic carbocycles. The first-order valence-electron chi connectivity index (χ1n) is 10.6. The maximum absolute atomic E-state index is 13.4. The molecule has 30 heavy (non-hydrogen) atoms. The number of allylic oxidation sites excluding steroid dienone is 2. The van der Waals surface area contributed by atoms with Gasteiger partial charge in [0.15, 0.2) is 5.65 Å². The van der Waals surface area contributed by atoms with Crippen LogP contribution in [0.5, 0.6) is 0 Å². The Kier molecular flexibility index (Phi) is 5.13. The molecular weight excluding hydrogens is 402 g/mol. The smallest absolute Gasteiger partial charge is 0.253 e. The zero-order valence-electron chi connectivity index (χ0n) is 17.3. The largest absolute Gasteiger partial charge is 0.370 e. The summed E-state index contributed by atoms with van der Waals surface area (Å²) in [6, 6.07) is 0. The van der Waals surface area contributed by atoms with Crippen molar-refractivity contribution in [3.8, 4) is 0 Å². The fourth-order valence-corrected chi connectivity index (χ4v) is 4.67. The number of fused-ring (bicyclic) bond motifs is 3. The Bertz CT molecular complexity index is 1070. The Morgan fingerprint density at radius 1 is 1.27 bits per heavy atom. The molecule has 2 aliphatic heterocycles. The van der Waals surface area contributed by atoms with E-state index in [-0.39, 0.29) is 18.1 Å². The summed E-state index contributed by atoms with van der Waals surface area (Å²) in [5.41, 5.74) is 5.09. The molecule has 1 saturated heterocycles. The van der Waals surface area contributed by atoms with E-state index in [4.69, 9.17) is 16.3 Å². The third-order valence-corrected chi connectivity index (χ3v) is 6.79. The van der Waals surface area contributed by atoms with Gasteiger partial charge in [-0.3, -0.25) is 4.79 Å². The van der Waals surface area contributed by atoms with E-state index >= 15 is 0 Å². The number of aryl methyl sites for hydroxylation is 2. The number of carbonyl (C=O) groups excluding carboxylic acids is 1. The number of aromatic nitrogens is 3. The molecule has 5 rings (SSSR count). The second-order valence-electron chi connectivity index (χ2n) is 8.28. The Morgan fingerprint density at radius 3 is 2.87 bits per heavy atom. The van der Waals surface area contributed by atoms with Crippen LogP contribution in [0.3, 0.4) is 0 Å². The van der Waals surface area contributed by atoms with Crippen LogP contribution in [0.2, 0.25) is 5.02 Å². The first kappa shape index (κ1) is 19.7. The third-order valence-electron chi connectivity index (χ3n) is 6.24. The molecule has 1 atom stereocenters. The number of hydrogen-bond donors (Lipinski definition) is 1. The summed E-state index contributed by atoms with van der Waals surface area (Å²) in [6.07, 6.45) is 8.68. The minimum atomic E-state index is -0.180. The maximum Gasteiger partial charge on any atom is 0.253 e. The second kappa shape index (κ2) is 7.80. The number of halogens is 1. The minimum Gasteiger partial charge on any atom is -0.370 e. The molecule has 0 radical (unpaired) electrons. The van der Waals surface area contributed by atoms with E-state index in [2.05, 4.69) is 21.5 Å². The summed E-state index contributed by atoms with van der Waals surface area (Å²) < 4.78 is 8.14. The van der Waals surface area contributed by atoms with Gasteiger partial charge < -0.3 is 15.0 Å². The highest BCUT2D eigenvalue weighted by atomic mass is 35.5. The molecule has 1 N–H and O–H groups in total. The van der Waals surface area contributed by atoms with Gasteiger partial charge in [-0.25, -0.2) is 9.50 Å². The Hall–Kier alpha value is -2.22.